The molecule has 0 bridgehead atoms. The average molecular weight is 432 g/mol. The Morgan fingerprint density at radius 1 is 1.23 bits per heavy atom. The highest BCUT2D eigenvalue weighted by Crippen LogP contribution is 2.33. The second kappa shape index (κ2) is 11.9. The van der Waals surface area contributed by atoms with E-state index in [0.717, 1.165) is 50.9 Å². The van der Waals surface area contributed by atoms with E-state index in [4.69, 9.17) is 20.2 Å². The molecule has 8 heteroatoms. The molecular formula is C23H37N5O3. The number of hydrogen-bond donors (Lipinski definition) is 3. The van der Waals surface area contributed by atoms with Crippen LogP contribution in [0.2, 0.25) is 0 Å². The molecule has 1 saturated heterocycles. The number of nitrogens with one attached hydrogen (secondary N) is 2. The van der Waals surface area contributed by atoms with E-state index in [9.17, 15) is 4.79 Å². The molecular weight excluding hydrogens is 394 g/mol. The zero-order valence-electron chi connectivity index (χ0n) is 18.7. The zero-order chi connectivity index (χ0) is 21.9. The summed E-state index contributed by atoms with van der Waals surface area (Å²) in [5.41, 5.74) is 6.35. The van der Waals surface area contributed by atoms with Crippen molar-refractivity contribution < 1.29 is 14.3 Å². The second-order valence-electron chi connectivity index (χ2n) is 8.34. The molecule has 1 amide bonds. The summed E-state index contributed by atoms with van der Waals surface area (Å²) in [6.45, 7) is 7.83. The number of rotatable bonds is 9. The summed E-state index contributed by atoms with van der Waals surface area (Å²) in [4.78, 5) is 18.4. The Hall–Kier alpha value is -2.32. The van der Waals surface area contributed by atoms with E-state index in [2.05, 4.69) is 22.5 Å². The van der Waals surface area contributed by atoms with E-state index in [1.807, 2.05) is 24.3 Å². The molecule has 2 aliphatic rings. The molecule has 1 aromatic rings. The molecule has 0 atom stereocenters. The molecule has 1 aromatic carbocycles. The van der Waals surface area contributed by atoms with Crippen molar-refractivity contribution in [3.63, 3.8) is 0 Å². The fourth-order valence-electron chi connectivity index (χ4n) is 4.50. The van der Waals surface area contributed by atoms with E-state index in [1.165, 1.54) is 32.1 Å². The molecule has 8 nitrogen and oxygen atoms in total. The Bertz CT molecular complexity index is 728. The van der Waals surface area contributed by atoms with Gasteiger partial charge in [-0.3, -0.25) is 9.69 Å². The first-order valence-corrected chi connectivity index (χ1v) is 11.5. The normalized spacial score (nSPS) is 19.6. The van der Waals surface area contributed by atoms with E-state index in [-0.39, 0.29) is 12.1 Å². The summed E-state index contributed by atoms with van der Waals surface area (Å²) < 4.78 is 11.0. The van der Waals surface area contributed by atoms with Crippen LogP contribution in [-0.4, -0.2) is 68.3 Å². The van der Waals surface area contributed by atoms with E-state index in [0.29, 0.717) is 12.3 Å². The minimum Gasteiger partial charge on any atom is -0.484 e. The predicted molar refractivity (Wildman–Crippen MR) is 122 cm³/mol. The number of carbonyl (C=O) groups excluding carboxylic acids is 1. The molecule has 31 heavy (non-hydrogen) atoms. The molecule has 172 valence electrons. The van der Waals surface area contributed by atoms with Gasteiger partial charge in [-0.15, -0.1) is 0 Å². The van der Waals surface area contributed by atoms with Gasteiger partial charge in [-0.1, -0.05) is 31.4 Å². The number of amides is 1. The Morgan fingerprint density at radius 3 is 2.71 bits per heavy atom. The van der Waals surface area contributed by atoms with Gasteiger partial charge in [0.25, 0.3) is 5.91 Å². The first-order chi connectivity index (χ1) is 15.1. The lowest BCUT2D eigenvalue weighted by molar-refractivity contribution is -0.119. The van der Waals surface area contributed by atoms with Crippen molar-refractivity contribution in [3.05, 3.63) is 29.8 Å². The average Bonchev–Trinajstić information content (AvgIpc) is 2.81. The van der Waals surface area contributed by atoms with E-state index in [1.54, 1.807) is 0 Å². The number of nitrogens with zero attached hydrogens (tertiary/aromatic N) is 2. The van der Waals surface area contributed by atoms with Gasteiger partial charge in [0.1, 0.15) is 5.75 Å². The van der Waals surface area contributed by atoms with Gasteiger partial charge in [0.15, 0.2) is 12.6 Å². The maximum atomic E-state index is 10.9. The van der Waals surface area contributed by atoms with Crippen LogP contribution in [0.3, 0.4) is 0 Å². The van der Waals surface area contributed by atoms with Crippen LogP contribution in [0.5, 0.6) is 5.75 Å². The summed E-state index contributed by atoms with van der Waals surface area (Å²) in [5.74, 6) is 0.959. The number of carbonyl (C=O) groups is 1. The van der Waals surface area contributed by atoms with Gasteiger partial charge >= 0.3 is 0 Å². The minimum atomic E-state index is -0.487. The van der Waals surface area contributed by atoms with Gasteiger partial charge < -0.3 is 25.8 Å². The quantitative estimate of drug-likeness (QED) is 0.406. The number of hydrogen-bond acceptors (Lipinski definition) is 5. The van der Waals surface area contributed by atoms with Crippen LogP contribution in [0.15, 0.2) is 29.3 Å². The molecule has 2 fully saturated rings. The molecule has 1 heterocycles. The third-order valence-corrected chi connectivity index (χ3v) is 6.09. The SMILES string of the molecule is CCNC(=NCc1cccc(OCC(N)=O)c1)NCC1(N2CCOCC2)CCCCC1. The first kappa shape index (κ1) is 23.3. The van der Waals surface area contributed by atoms with Crippen molar-refractivity contribution in [3.8, 4) is 5.75 Å². The van der Waals surface area contributed by atoms with Crippen molar-refractivity contribution in [2.24, 2.45) is 10.7 Å². The van der Waals surface area contributed by atoms with Crippen molar-refractivity contribution in [2.45, 2.75) is 51.1 Å². The maximum absolute atomic E-state index is 10.9. The van der Waals surface area contributed by atoms with Crippen LogP contribution in [-0.2, 0) is 16.1 Å². The number of primary amides is 1. The van der Waals surface area contributed by atoms with Gasteiger partial charge in [-0.05, 0) is 37.5 Å². The van der Waals surface area contributed by atoms with Crippen LogP contribution in [0.25, 0.3) is 0 Å². The molecule has 1 aliphatic carbocycles. The lowest BCUT2D eigenvalue weighted by Gasteiger charge is -2.48. The van der Waals surface area contributed by atoms with Crippen LogP contribution in [0, 0.1) is 0 Å². The summed E-state index contributed by atoms with van der Waals surface area (Å²) in [6.07, 6.45) is 6.33. The molecule has 0 spiro atoms. The van der Waals surface area contributed by atoms with Crippen LogP contribution in [0.4, 0.5) is 0 Å². The lowest BCUT2D eigenvalue weighted by Crippen LogP contribution is -2.60. The molecule has 1 saturated carbocycles. The lowest BCUT2D eigenvalue weighted by atomic mass is 9.80. The Labute approximate surface area is 185 Å². The monoisotopic (exact) mass is 431 g/mol. The number of guanidine groups is 1. The fourth-order valence-corrected chi connectivity index (χ4v) is 4.50. The summed E-state index contributed by atoms with van der Waals surface area (Å²) in [6, 6.07) is 7.61. The summed E-state index contributed by atoms with van der Waals surface area (Å²) >= 11 is 0. The van der Waals surface area contributed by atoms with Gasteiger partial charge in [-0.25, -0.2) is 4.99 Å². The minimum absolute atomic E-state index is 0.124. The Kier molecular flexibility index (Phi) is 8.97. The molecule has 4 N–H and O–H groups in total. The Balaban J connectivity index is 1.63. The van der Waals surface area contributed by atoms with Crippen LogP contribution < -0.4 is 21.1 Å². The topological polar surface area (TPSA) is 101 Å². The third-order valence-electron chi connectivity index (χ3n) is 6.09. The molecule has 0 unspecified atom stereocenters. The molecule has 1 aliphatic heterocycles. The highest BCUT2D eigenvalue weighted by atomic mass is 16.5. The van der Waals surface area contributed by atoms with Gasteiger partial charge in [0.05, 0.1) is 19.8 Å². The van der Waals surface area contributed by atoms with Gasteiger partial charge in [0.2, 0.25) is 0 Å². The van der Waals surface area contributed by atoms with Gasteiger partial charge in [-0.2, -0.15) is 0 Å². The first-order valence-electron chi connectivity index (χ1n) is 11.5. The van der Waals surface area contributed by atoms with Crippen molar-refractivity contribution in [2.75, 3.05) is 46.0 Å². The highest BCUT2D eigenvalue weighted by molar-refractivity contribution is 5.79. The standard InChI is InChI=1S/C23H37N5O3/c1-2-25-22(26-16-19-7-6-8-20(15-19)31-17-21(24)29)27-18-23(9-4-3-5-10-23)28-11-13-30-14-12-28/h6-8,15H,2-5,9-14,16-18H2,1H3,(H2,24,29)(H2,25,26,27). The number of benzene rings is 1. The maximum Gasteiger partial charge on any atom is 0.255 e. The van der Waals surface area contributed by atoms with Gasteiger partial charge in [0, 0.05) is 31.7 Å². The molecule has 0 aromatic heterocycles. The number of aliphatic imine (C=N–C) groups is 1. The largest absolute Gasteiger partial charge is 0.484 e. The van der Waals surface area contributed by atoms with Crippen molar-refractivity contribution in [1.82, 2.24) is 15.5 Å². The highest BCUT2D eigenvalue weighted by Gasteiger charge is 2.38. The summed E-state index contributed by atoms with van der Waals surface area (Å²) in [7, 11) is 0. The number of morpholine rings is 1. The fraction of sp³-hybridized carbons (Fsp3) is 0.652. The molecule has 0 radical (unpaired) electrons. The predicted octanol–water partition coefficient (Wildman–Crippen LogP) is 1.64. The number of ether oxygens (including phenoxy) is 2. The Morgan fingerprint density at radius 2 is 2.00 bits per heavy atom. The zero-order valence-corrected chi connectivity index (χ0v) is 18.7. The van der Waals surface area contributed by atoms with E-state index >= 15 is 0 Å². The summed E-state index contributed by atoms with van der Waals surface area (Å²) in [5, 5.41) is 6.99. The third kappa shape index (κ3) is 7.11. The number of nitrogens with two attached hydrogens (primary N) is 1. The van der Waals surface area contributed by atoms with Crippen molar-refractivity contribution in [1.29, 1.82) is 0 Å². The van der Waals surface area contributed by atoms with Crippen LogP contribution in [0.1, 0.15) is 44.6 Å². The van der Waals surface area contributed by atoms with Crippen molar-refractivity contribution >= 4 is 11.9 Å². The second-order valence-corrected chi connectivity index (χ2v) is 8.34. The smallest absolute Gasteiger partial charge is 0.255 e. The van der Waals surface area contributed by atoms with Crippen LogP contribution >= 0.6 is 0 Å². The van der Waals surface area contributed by atoms with E-state index < -0.39 is 5.91 Å². The molecule has 3 rings (SSSR count).